The van der Waals surface area contributed by atoms with Gasteiger partial charge in [0.25, 0.3) is 5.91 Å². The number of anilines is 1. The van der Waals surface area contributed by atoms with Gasteiger partial charge in [-0.05, 0) is 42.8 Å². The fraction of sp³-hybridized carbons (Fsp3) is 0.125. The number of benzene rings is 2. The molecule has 0 spiro atoms. The summed E-state index contributed by atoms with van der Waals surface area (Å²) in [6.45, 7) is 3.70. The van der Waals surface area contributed by atoms with E-state index in [1.165, 1.54) is 0 Å². The number of fused-ring (bicyclic) bond motifs is 1. The van der Waals surface area contributed by atoms with Crippen molar-refractivity contribution in [2.75, 3.05) is 5.32 Å². The van der Waals surface area contributed by atoms with Crippen LogP contribution in [0.15, 0.2) is 45.3 Å². The predicted molar refractivity (Wildman–Crippen MR) is 85.6 cm³/mol. The Balaban J connectivity index is 1.88. The average molecular weight is 345 g/mol. The topological polar surface area (TPSA) is 55.1 Å². The van der Waals surface area contributed by atoms with Crippen LogP contribution in [-0.4, -0.2) is 10.9 Å². The van der Waals surface area contributed by atoms with Crippen molar-refractivity contribution in [1.29, 1.82) is 0 Å². The van der Waals surface area contributed by atoms with Crippen molar-refractivity contribution >= 4 is 38.6 Å². The Labute approximate surface area is 130 Å². The number of hydrogen-bond acceptors (Lipinski definition) is 3. The highest BCUT2D eigenvalue weighted by Gasteiger charge is 2.11. The van der Waals surface area contributed by atoms with E-state index in [4.69, 9.17) is 4.42 Å². The minimum atomic E-state index is -0.143. The van der Waals surface area contributed by atoms with Crippen LogP contribution in [0, 0.1) is 13.8 Å². The number of nitrogens with zero attached hydrogens (tertiary/aromatic N) is 1. The Morgan fingerprint density at radius 3 is 2.76 bits per heavy atom. The first-order valence-corrected chi connectivity index (χ1v) is 7.27. The van der Waals surface area contributed by atoms with Crippen LogP contribution in [0.1, 0.15) is 21.8 Å². The molecular formula is C16H13BrN2O2. The van der Waals surface area contributed by atoms with Crippen LogP contribution in [0.5, 0.6) is 0 Å². The van der Waals surface area contributed by atoms with Crippen molar-refractivity contribution < 1.29 is 9.21 Å². The lowest BCUT2D eigenvalue weighted by atomic mass is 10.1. The van der Waals surface area contributed by atoms with Gasteiger partial charge in [0.1, 0.15) is 5.52 Å². The average Bonchev–Trinajstić information content (AvgIpc) is 2.77. The summed E-state index contributed by atoms with van der Waals surface area (Å²) in [7, 11) is 0. The van der Waals surface area contributed by atoms with Crippen LogP contribution in [-0.2, 0) is 0 Å². The van der Waals surface area contributed by atoms with Gasteiger partial charge in [0.15, 0.2) is 11.5 Å². The Morgan fingerprint density at radius 2 is 2.00 bits per heavy atom. The van der Waals surface area contributed by atoms with E-state index in [1.807, 2.05) is 31.2 Å². The number of aromatic nitrogens is 1. The summed E-state index contributed by atoms with van der Waals surface area (Å²) in [5.41, 5.74) is 3.69. The van der Waals surface area contributed by atoms with Gasteiger partial charge >= 0.3 is 0 Å². The van der Waals surface area contributed by atoms with E-state index >= 15 is 0 Å². The summed E-state index contributed by atoms with van der Waals surface area (Å²) in [5, 5.41) is 2.88. The number of halogens is 1. The Bertz CT molecular complexity index is 839. The summed E-state index contributed by atoms with van der Waals surface area (Å²) >= 11 is 3.39. The second kappa shape index (κ2) is 5.33. The first-order valence-electron chi connectivity index (χ1n) is 6.47. The van der Waals surface area contributed by atoms with Crippen molar-refractivity contribution in [2.24, 2.45) is 0 Å². The highest BCUT2D eigenvalue weighted by atomic mass is 79.9. The summed E-state index contributed by atoms with van der Waals surface area (Å²) in [4.78, 5) is 16.5. The smallest absolute Gasteiger partial charge is 0.255 e. The quantitative estimate of drug-likeness (QED) is 0.746. The van der Waals surface area contributed by atoms with Gasteiger partial charge in [-0.1, -0.05) is 15.9 Å². The summed E-state index contributed by atoms with van der Waals surface area (Å²) < 4.78 is 6.42. The van der Waals surface area contributed by atoms with Crippen LogP contribution in [0.25, 0.3) is 11.1 Å². The zero-order valence-electron chi connectivity index (χ0n) is 11.6. The van der Waals surface area contributed by atoms with Crippen molar-refractivity contribution in [1.82, 2.24) is 4.98 Å². The van der Waals surface area contributed by atoms with Crippen molar-refractivity contribution in [2.45, 2.75) is 13.8 Å². The van der Waals surface area contributed by atoms with Crippen LogP contribution in [0.3, 0.4) is 0 Å². The number of aryl methyl sites for hydroxylation is 2. The van der Waals surface area contributed by atoms with Gasteiger partial charge < -0.3 is 9.73 Å². The number of carbonyl (C=O) groups is 1. The zero-order chi connectivity index (χ0) is 15.0. The molecule has 3 aromatic rings. The molecule has 1 aromatic heterocycles. The molecule has 2 aromatic carbocycles. The number of oxazole rings is 1. The Morgan fingerprint density at radius 1 is 1.19 bits per heavy atom. The van der Waals surface area contributed by atoms with Crippen molar-refractivity contribution in [3.63, 3.8) is 0 Å². The lowest BCUT2D eigenvalue weighted by Gasteiger charge is -2.08. The molecule has 1 heterocycles. The number of hydrogen-bond donors (Lipinski definition) is 1. The van der Waals surface area contributed by atoms with E-state index in [1.54, 1.807) is 19.1 Å². The van der Waals surface area contributed by atoms with Gasteiger partial charge in [-0.25, -0.2) is 4.98 Å². The van der Waals surface area contributed by atoms with Gasteiger partial charge in [-0.3, -0.25) is 4.79 Å². The van der Waals surface area contributed by atoms with E-state index < -0.39 is 0 Å². The molecular weight excluding hydrogens is 332 g/mol. The molecule has 5 heteroatoms. The van der Waals surface area contributed by atoms with E-state index in [2.05, 4.69) is 26.2 Å². The van der Waals surface area contributed by atoms with Crippen molar-refractivity contribution in [3.05, 3.63) is 57.9 Å². The van der Waals surface area contributed by atoms with Gasteiger partial charge in [-0.2, -0.15) is 0 Å². The minimum Gasteiger partial charge on any atom is -0.441 e. The molecule has 0 saturated heterocycles. The number of amides is 1. The number of rotatable bonds is 2. The molecule has 0 radical (unpaired) electrons. The first-order chi connectivity index (χ1) is 10.0. The summed E-state index contributed by atoms with van der Waals surface area (Å²) in [6, 6.07) is 11.0. The lowest BCUT2D eigenvalue weighted by Crippen LogP contribution is -2.13. The third kappa shape index (κ3) is 2.83. The highest BCUT2D eigenvalue weighted by Crippen LogP contribution is 2.21. The maximum absolute atomic E-state index is 12.3. The zero-order valence-corrected chi connectivity index (χ0v) is 13.2. The predicted octanol–water partition coefficient (Wildman–Crippen LogP) is 4.46. The molecule has 1 amide bonds. The van der Waals surface area contributed by atoms with Gasteiger partial charge in [0.05, 0.1) is 0 Å². The molecule has 0 aliphatic carbocycles. The van der Waals surface area contributed by atoms with Gasteiger partial charge in [0, 0.05) is 28.7 Å². The molecule has 0 fully saturated rings. The van der Waals surface area contributed by atoms with Crippen LogP contribution in [0.4, 0.5) is 5.69 Å². The molecule has 3 rings (SSSR count). The van der Waals surface area contributed by atoms with E-state index in [9.17, 15) is 4.79 Å². The molecule has 0 saturated carbocycles. The molecule has 0 aliphatic heterocycles. The fourth-order valence-corrected chi connectivity index (χ4v) is 2.67. The van der Waals surface area contributed by atoms with Crippen LogP contribution >= 0.6 is 15.9 Å². The van der Waals surface area contributed by atoms with E-state index in [0.717, 1.165) is 15.6 Å². The first kappa shape index (κ1) is 13.8. The molecule has 106 valence electrons. The number of nitrogens with one attached hydrogen (secondary N) is 1. The molecule has 0 aliphatic rings. The molecule has 1 N–H and O–H groups in total. The largest absolute Gasteiger partial charge is 0.441 e. The maximum atomic E-state index is 12.3. The van der Waals surface area contributed by atoms with Crippen molar-refractivity contribution in [3.8, 4) is 0 Å². The summed E-state index contributed by atoms with van der Waals surface area (Å²) in [5.74, 6) is 0.466. The third-order valence-electron chi connectivity index (χ3n) is 3.19. The van der Waals surface area contributed by atoms with Gasteiger partial charge in [0.2, 0.25) is 0 Å². The fourth-order valence-electron chi connectivity index (χ4n) is 2.20. The maximum Gasteiger partial charge on any atom is 0.255 e. The highest BCUT2D eigenvalue weighted by molar-refractivity contribution is 9.10. The molecule has 0 bridgehead atoms. The number of carbonyl (C=O) groups excluding carboxylic acids is 1. The normalized spacial score (nSPS) is 10.8. The second-order valence-electron chi connectivity index (χ2n) is 4.83. The molecule has 0 atom stereocenters. The second-order valence-corrected chi connectivity index (χ2v) is 5.74. The summed E-state index contributed by atoms with van der Waals surface area (Å²) in [6.07, 6.45) is 0. The standard InChI is InChI=1S/C16H13BrN2O2/c1-9-7-11(17)3-5-13(9)16(20)19-12-4-6-14-15(8-12)21-10(2)18-14/h3-8H,1-2H3,(H,19,20). The third-order valence-corrected chi connectivity index (χ3v) is 3.68. The lowest BCUT2D eigenvalue weighted by molar-refractivity contribution is 0.102. The van der Waals surface area contributed by atoms with E-state index in [-0.39, 0.29) is 5.91 Å². The van der Waals surface area contributed by atoms with E-state index in [0.29, 0.717) is 22.7 Å². The molecule has 21 heavy (non-hydrogen) atoms. The Hall–Kier alpha value is -2.14. The Kier molecular flexibility index (Phi) is 3.51. The van der Waals surface area contributed by atoms with Crippen LogP contribution in [0.2, 0.25) is 0 Å². The molecule has 0 unspecified atom stereocenters. The SMILES string of the molecule is Cc1nc2ccc(NC(=O)c3ccc(Br)cc3C)cc2o1. The molecule has 4 nitrogen and oxygen atoms in total. The minimum absolute atomic E-state index is 0.143. The van der Waals surface area contributed by atoms with Crippen LogP contribution < -0.4 is 5.32 Å². The monoisotopic (exact) mass is 344 g/mol. The van der Waals surface area contributed by atoms with Gasteiger partial charge in [-0.15, -0.1) is 0 Å².